The van der Waals surface area contributed by atoms with E-state index in [1.54, 1.807) is 6.07 Å². The quantitative estimate of drug-likeness (QED) is 0.829. The SMILES string of the molecule is O=C(NCC1(C(=O)O)CCCC1)c1ccc(Cl)nc1. The van der Waals surface area contributed by atoms with Crippen LogP contribution in [0.3, 0.4) is 0 Å². The van der Waals surface area contributed by atoms with Gasteiger partial charge >= 0.3 is 5.97 Å². The van der Waals surface area contributed by atoms with Crippen molar-refractivity contribution < 1.29 is 14.7 Å². The van der Waals surface area contributed by atoms with E-state index < -0.39 is 11.4 Å². The van der Waals surface area contributed by atoms with Gasteiger partial charge in [0.1, 0.15) is 5.15 Å². The number of hydrogen-bond donors (Lipinski definition) is 2. The molecule has 2 N–H and O–H groups in total. The number of carboxylic acids is 1. The topological polar surface area (TPSA) is 79.3 Å². The summed E-state index contributed by atoms with van der Waals surface area (Å²) in [5, 5.41) is 12.3. The Balaban J connectivity index is 1.99. The molecule has 0 saturated heterocycles. The summed E-state index contributed by atoms with van der Waals surface area (Å²) in [6.45, 7) is 0.157. The van der Waals surface area contributed by atoms with E-state index in [4.69, 9.17) is 11.6 Å². The zero-order chi connectivity index (χ0) is 13.9. The van der Waals surface area contributed by atoms with Crippen LogP contribution < -0.4 is 5.32 Å². The van der Waals surface area contributed by atoms with E-state index in [-0.39, 0.29) is 12.5 Å². The highest BCUT2D eigenvalue weighted by Gasteiger charge is 2.41. The van der Waals surface area contributed by atoms with Crippen LogP contribution in [0.1, 0.15) is 36.0 Å². The number of carbonyl (C=O) groups is 2. The molecule has 0 aliphatic heterocycles. The molecule has 102 valence electrons. The number of hydrogen-bond acceptors (Lipinski definition) is 3. The van der Waals surface area contributed by atoms with Gasteiger partial charge in [-0.3, -0.25) is 9.59 Å². The van der Waals surface area contributed by atoms with Crippen LogP contribution in [0.25, 0.3) is 0 Å². The maximum Gasteiger partial charge on any atom is 0.311 e. The van der Waals surface area contributed by atoms with Gasteiger partial charge in [-0.15, -0.1) is 0 Å². The van der Waals surface area contributed by atoms with Crippen molar-refractivity contribution in [3.05, 3.63) is 29.0 Å². The number of carboxylic acid groups (broad SMARTS) is 1. The summed E-state index contributed by atoms with van der Waals surface area (Å²) >= 11 is 5.64. The van der Waals surface area contributed by atoms with Crippen molar-refractivity contribution in [3.8, 4) is 0 Å². The van der Waals surface area contributed by atoms with E-state index in [1.807, 2.05) is 0 Å². The Morgan fingerprint density at radius 3 is 2.58 bits per heavy atom. The largest absolute Gasteiger partial charge is 0.481 e. The fraction of sp³-hybridized carbons (Fsp3) is 0.462. The van der Waals surface area contributed by atoms with E-state index in [1.165, 1.54) is 12.3 Å². The Morgan fingerprint density at radius 1 is 1.37 bits per heavy atom. The number of rotatable bonds is 4. The minimum Gasteiger partial charge on any atom is -0.481 e. The molecule has 1 amide bonds. The fourth-order valence-electron chi connectivity index (χ4n) is 2.38. The van der Waals surface area contributed by atoms with Gasteiger partial charge in [0, 0.05) is 12.7 Å². The lowest BCUT2D eigenvalue weighted by Gasteiger charge is -2.23. The number of amides is 1. The van der Waals surface area contributed by atoms with E-state index in [0.717, 1.165) is 12.8 Å². The number of aromatic nitrogens is 1. The first-order chi connectivity index (χ1) is 9.03. The zero-order valence-corrected chi connectivity index (χ0v) is 11.1. The predicted molar refractivity (Wildman–Crippen MR) is 70.1 cm³/mol. The highest BCUT2D eigenvalue weighted by molar-refractivity contribution is 6.29. The van der Waals surface area contributed by atoms with Gasteiger partial charge in [-0.05, 0) is 25.0 Å². The van der Waals surface area contributed by atoms with Gasteiger partial charge in [-0.1, -0.05) is 24.4 Å². The van der Waals surface area contributed by atoms with Crippen LogP contribution in [0.2, 0.25) is 5.15 Å². The van der Waals surface area contributed by atoms with E-state index in [2.05, 4.69) is 10.3 Å². The lowest BCUT2D eigenvalue weighted by molar-refractivity contribution is -0.148. The standard InChI is InChI=1S/C13H15ClN2O3/c14-10-4-3-9(7-15-10)11(17)16-8-13(12(18)19)5-1-2-6-13/h3-4,7H,1-2,5-6,8H2,(H,16,17)(H,18,19). The molecule has 1 aromatic rings. The first-order valence-corrected chi connectivity index (χ1v) is 6.54. The van der Waals surface area contributed by atoms with Crippen molar-refractivity contribution in [3.63, 3.8) is 0 Å². The van der Waals surface area contributed by atoms with Crippen LogP contribution in [-0.4, -0.2) is 28.5 Å². The van der Waals surface area contributed by atoms with Gasteiger partial charge in [-0.2, -0.15) is 0 Å². The normalized spacial score (nSPS) is 17.1. The molecule has 0 spiro atoms. The minimum atomic E-state index is -0.834. The van der Waals surface area contributed by atoms with Crippen LogP contribution in [-0.2, 0) is 4.79 Å². The predicted octanol–water partition coefficient (Wildman–Crippen LogP) is 2.11. The first kappa shape index (κ1) is 13.8. The summed E-state index contributed by atoms with van der Waals surface area (Å²) in [6.07, 6.45) is 4.39. The second kappa shape index (κ2) is 5.57. The van der Waals surface area contributed by atoms with Gasteiger partial charge in [0.2, 0.25) is 0 Å². The summed E-state index contributed by atoms with van der Waals surface area (Å²) in [6, 6.07) is 3.09. The van der Waals surface area contributed by atoms with Crippen LogP contribution >= 0.6 is 11.6 Å². The monoisotopic (exact) mass is 282 g/mol. The van der Waals surface area contributed by atoms with Crippen LogP contribution in [0.4, 0.5) is 0 Å². The van der Waals surface area contributed by atoms with Gasteiger partial charge in [0.25, 0.3) is 5.91 Å². The molecule has 0 aromatic carbocycles. The number of carbonyl (C=O) groups excluding carboxylic acids is 1. The second-order valence-corrected chi connectivity index (χ2v) is 5.23. The Hall–Kier alpha value is -1.62. The zero-order valence-electron chi connectivity index (χ0n) is 10.4. The van der Waals surface area contributed by atoms with Crippen LogP contribution in [0.15, 0.2) is 18.3 Å². The summed E-state index contributed by atoms with van der Waals surface area (Å²) in [4.78, 5) is 27.0. The third kappa shape index (κ3) is 3.04. The first-order valence-electron chi connectivity index (χ1n) is 6.17. The Labute approximate surface area is 116 Å². The molecule has 1 aliphatic rings. The van der Waals surface area contributed by atoms with E-state index in [0.29, 0.717) is 23.6 Å². The average Bonchev–Trinajstić information content (AvgIpc) is 2.87. The molecule has 6 heteroatoms. The van der Waals surface area contributed by atoms with Crippen molar-refractivity contribution >= 4 is 23.5 Å². The smallest absolute Gasteiger partial charge is 0.311 e. The molecule has 1 saturated carbocycles. The lowest BCUT2D eigenvalue weighted by Crippen LogP contribution is -2.41. The number of nitrogens with zero attached hydrogens (tertiary/aromatic N) is 1. The van der Waals surface area contributed by atoms with Crippen molar-refractivity contribution in [1.82, 2.24) is 10.3 Å². The van der Waals surface area contributed by atoms with Gasteiger partial charge < -0.3 is 10.4 Å². The molecular weight excluding hydrogens is 268 g/mol. The van der Waals surface area contributed by atoms with Gasteiger partial charge in [0.05, 0.1) is 11.0 Å². The molecule has 0 atom stereocenters. The van der Waals surface area contributed by atoms with Crippen molar-refractivity contribution in [1.29, 1.82) is 0 Å². The summed E-state index contributed by atoms with van der Waals surface area (Å²) in [5.74, 6) is -1.16. The molecule has 5 nitrogen and oxygen atoms in total. The number of pyridine rings is 1. The molecule has 1 aliphatic carbocycles. The maximum atomic E-state index is 11.9. The summed E-state index contributed by atoms with van der Waals surface area (Å²) < 4.78 is 0. The number of nitrogens with one attached hydrogen (secondary N) is 1. The van der Waals surface area contributed by atoms with Crippen molar-refractivity contribution in [2.75, 3.05) is 6.54 Å². The van der Waals surface area contributed by atoms with Gasteiger partial charge in [0.15, 0.2) is 0 Å². The highest BCUT2D eigenvalue weighted by Crippen LogP contribution is 2.37. The Morgan fingerprint density at radius 2 is 2.05 bits per heavy atom. The molecule has 1 fully saturated rings. The molecule has 0 bridgehead atoms. The highest BCUT2D eigenvalue weighted by atomic mass is 35.5. The molecular formula is C13H15ClN2O3. The average molecular weight is 283 g/mol. The Bertz CT molecular complexity index is 481. The van der Waals surface area contributed by atoms with Crippen molar-refractivity contribution in [2.45, 2.75) is 25.7 Å². The molecule has 2 rings (SSSR count). The molecule has 1 aromatic heterocycles. The molecule has 0 unspecified atom stereocenters. The van der Waals surface area contributed by atoms with Crippen LogP contribution in [0, 0.1) is 5.41 Å². The summed E-state index contributed by atoms with van der Waals surface area (Å²) in [7, 11) is 0. The van der Waals surface area contributed by atoms with Crippen LogP contribution in [0.5, 0.6) is 0 Å². The Kier molecular flexibility index (Phi) is 4.04. The third-order valence-electron chi connectivity index (χ3n) is 3.59. The molecule has 19 heavy (non-hydrogen) atoms. The summed E-state index contributed by atoms with van der Waals surface area (Å²) in [5.41, 5.74) is -0.432. The number of aliphatic carboxylic acids is 1. The van der Waals surface area contributed by atoms with E-state index in [9.17, 15) is 14.7 Å². The molecule has 1 heterocycles. The molecule has 0 radical (unpaired) electrons. The van der Waals surface area contributed by atoms with E-state index >= 15 is 0 Å². The lowest BCUT2D eigenvalue weighted by atomic mass is 9.86. The second-order valence-electron chi connectivity index (χ2n) is 4.84. The maximum absolute atomic E-state index is 11.9. The minimum absolute atomic E-state index is 0.157. The van der Waals surface area contributed by atoms with Gasteiger partial charge in [-0.25, -0.2) is 4.98 Å². The number of halogens is 1. The fourth-order valence-corrected chi connectivity index (χ4v) is 2.49. The van der Waals surface area contributed by atoms with Crippen molar-refractivity contribution in [2.24, 2.45) is 5.41 Å². The third-order valence-corrected chi connectivity index (χ3v) is 3.81.